The standard InChI is InChI=1S/C20H18Cl2N2O4/c1-11(18(25)24-17-10-14(21)6-9-16(17)22)28-20(27)13-4-7-15(8-5-13)23-19(26)12-2-3-12/h4-12H,2-3H2,1H3,(H,23,26)(H,24,25). The predicted octanol–water partition coefficient (Wildman–Crippen LogP) is 4.53. The Hall–Kier alpha value is -2.57. The van der Waals surface area contributed by atoms with Gasteiger partial charge >= 0.3 is 5.97 Å². The molecule has 146 valence electrons. The van der Waals surface area contributed by atoms with Crippen LogP contribution >= 0.6 is 23.2 Å². The van der Waals surface area contributed by atoms with Crippen LogP contribution in [0, 0.1) is 5.92 Å². The maximum atomic E-state index is 12.3. The largest absolute Gasteiger partial charge is 0.449 e. The van der Waals surface area contributed by atoms with Gasteiger partial charge in [0.25, 0.3) is 5.91 Å². The second-order valence-electron chi connectivity index (χ2n) is 6.50. The van der Waals surface area contributed by atoms with Crippen LogP contribution in [0.3, 0.4) is 0 Å². The van der Waals surface area contributed by atoms with Crippen molar-refractivity contribution in [1.29, 1.82) is 0 Å². The molecule has 2 amide bonds. The third kappa shape index (κ3) is 5.24. The Balaban J connectivity index is 1.56. The Morgan fingerprint density at radius 1 is 1.04 bits per heavy atom. The molecule has 0 spiro atoms. The van der Waals surface area contributed by atoms with Crippen LogP contribution in [0.15, 0.2) is 42.5 Å². The molecule has 0 heterocycles. The summed E-state index contributed by atoms with van der Waals surface area (Å²) in [5.74, 6) is -1.11. The van der Waals surface area contributed by atoms with Crippen molar-refractivity contribution in [1.82, 2.24) is 0 Å². The van der Waals surface area contributed by atoms with Gasteiger partial charge < -0.3 is 15.4 Å². The maximum Gasteiger partial charge on any atom is 0.338 e. The first kappa shape index (κ1) is 20.2. The molecule has 2 aromatic carbocycles. The van der Waals surface area contributed by atoms with Crippen LogP contribution in [-0.4, -0.2) is 23.9 Å². The summed E-state index contributed by atoms with van der Waals surface area (Å²) in [5, 5.41) is 6.10. The van der Waals surface area contributed by atoms with Crippen LogP contribution in [-0.2, 0) is 14.3 Å². The van der Waals surface area contributed by atoms with E-state index < -0.39 is 18.0 Å². The number of carbonyl (C=O) groups excluding carboxylic acids is 3. The molecule has 28 heavy (non-hydrogen) atoms. The van der Waals surface area contributed by atoms with Crippen molar-refractivity contribution in [3.63, 3.8) is 0 Å². The quantitative estimate of drug-likeness (QED) is 0.672. The van der Waals surface area contributed by atoms with Crippen molar-refractivity contribution in [2.24, 2.45) is 5.92 Å². The van der Waals surface area contributed by atoms with E-state index in [-0.39, 0.29) is 17.4 Å². The summed E-state index contributed by atoms with van der Waals surface area (Å²) in [5.41, 5.74) is 1.21. The van der Waals surface area contributed by atoms with Crippen molar-refractivity contribution >= 4 is 52.4 Å². The lowest BCUT2D eigenvalue weighted by Gasteiger charge is -2.14. The van der Waals surface area contributed by atoms with E-state index in [9.17, 15) is 14.4 Å². The highest BCUT2D eigenvalue weighted by Crippen LogP contribution is 2.30. The average molecular weight is 421 g/mol. The van der Waals surface area contributed by atoms with E-state index in [2.05, 4.69) is 10.6 Å². The summed E-state index contributed by atoms with van der Waals surface area (Å²) < 4.78 is 5.20. The first-order chi connectivity index (χ1) is 13.3. The van der Waals surface area contributed by atoms with Crippen LogP contribution in [0.1, 0.15) is 30.1 Å². The van der Waals surface area contributed by atoms with Gasteiger partial charge in [-0.15, -0.1) is 0 Å². The molecule has 0 saturated heterocycles. The number of esters is 1. The zero-order valence-corrected chi connectivity index (χ0v) is 16.5. The molecule has 1 saturated carbocycles. The molecule has 0 aromatic heterocycles. The number of amides is 2. The maximum absolute atomic E-state index is 12.3. The van der Waals surface area contributed by atoms with Gasteiger partial charge in [-0.05, 0) is 62.2 Å². The lowest BCUT2D eigenvalue weighted by molar-refractivity contribution is -0.123. The molecule has 1 aliphatic rings. The monoisotopic (exact) mass is 420 g/mol. The fraction of sp³-hybridized carbons (Fsp3) is 0.250. The second kappa shape index (κ2) is 8.63. The zero-order valence-electron chi connectivity index (χ0n) is 15.0. The average Bonchev–Trinajstić information content (AvgIpc) is 3.50. The van der Waals surface area contributed by atoms with Crippen LogP contribution in [0.4, 0.5) is 11.4 Å². The molecule has 0 aliphatic heterocycles. The zero-order chi connectivity index (χ0) is 20.3. The summed E-state index contributed by atoms with van der Waals surface area (Å²) in [6, 6.07) is 11.0. The van der Waals surface area contributed by atoms with Gasteiger partial charge in [0.15, 0.2) is 6.10 Å². The number of hydrogen-bond acceptors (Lipinski definition) is 4. The van der Waals surface area contributed by atoms with E-state index in [1.807, 2.05) is 0 Å². The van der Waals surface area contributed by atoms with Crippen molar-refractivity contribution in [3.05, 3.63) is 58.1 Å². The topological polar surface area (TPSA) is 84.5 Å². The number of nitrogens with one attached hydrogen (secondary N) is 2. The van der Waals surface area contributed by atoms with Gasteiger partial charge in [0.1, 0.15) is 0 Å². The number of anilines is 2. The highest BCUT2D eigenvalue weighted by atomic mass is 35.5. The number of rotatable bonds is 6. The third-order valence-corrected chi connectivity index (χ3v) is 4.74. The Morgan fingerprint density at radius 2 is 1.71 bits per heavy atom. The van der Waals surface area contributed by atoms with Crippen molar-refractivity contribution in [2.45, 2.75) is 25.9 Å². The molecular formula is C20H18Cl2N2O4. The number of hydrogen-bond donors (Lipinski definition) is 2. The summed E-state index contributed by atoms with van der Waals surface area (Å²) in [6.07, 6.45) is 0.782. The Labute approximate surface area is 172 Å². The van der Waals surface area contributed by atoms with E-state index in [1.54, 1.807) is 24.3 Å². The lowest BCUT2D eigenvalue weighted by Crippen LogP contribution is -2.30. The van der Waals surface area contributed by atoms with E-state index in [0.717, 1.165) is 12.8 Å². The van der Waals surface area contributed by atoms with Crippen molar-refractivity contribution < 1.29 is 19.1 Å². The molecule has 6 nitrogen and oxygen atoms in total. The molecule has 1 aliphatic carbocycles. The molecule has 1 atom stereocenters. The number of benzene rings is 2. The fourth-order valence-electron chi connectivity index (χ4n) is 2.39. The van der Waals surface area contributed by atoms with E-state index in [1.165, 1.54) is 25.1 Å². The van der Waals surface area contributed by atoms with Gasteiger partial charge in [-0.3, -0.25) is 9.59 Å². The summed E-state index contributed by atoms with van der Waals surface area (Å²) in [4.78, 5) is 36.2. The van der Waals surface area contributed by atoms with Gasteiger partial charge in [-0.2, -0.15) is 0 Å². The van der Waals surface area contributed by atoms with Gasteiger partial charge in [0.05, 0.1) is 16.3 Å². The van der Waals surface area contributed by atoms with Gasteiger partial charge in [0, 0.05) is 16.6 Å². The molecule has 8 heteroatoms. The highest BCUT2D eigenvalue weighted by molar-refractivity contribution is 6.35. The smallest absolute Gasteiger partial charge is 0.338 e. The molecule has 2 aromatic rings. The Bertz CT molecular complexity index is 911. The normalized spacial score (nSPS) is 14.1. The summed E-state index contributed by atoms with van der Waals surface area (Å²) in [6.45, 7) is 1.45. The van der Waals surface area contributed by atoms with E-state index >= 15 is 0 Å². The Morgan fingerprint density at radius 3 is 2.36 bits per heavy atom. The second-order valence-corrected chi connectivity index (χ2v) is 7.35. The molecule has 0 bridgehead atoms. The highest BCUT2D eigenvalue weighted by Gasteiger charge is 2.29. The molecule has 2 N–H and O–H groups in total. The molecular weight excluding hydrogens is 403 g/mol. The lowest BCUT2D eigenvalue weighted by atomic mass is 10.2. The minimum atomic E-state index is -1.04. The summed E-state index contributed by atoms with van der Waals surface area (Å²) >= 11 is 11.9. The van der Waals surface area contributed by atoms with Crippen LogP contribution < -0.4 is 10.6 Å². The minimum absolute atomic E-state index is 0.0136. The van der Waals surface area contributed by atoms with Crippen LogP contribution in [0.2, 0.25) is 10.0 Å². The van der Waals surface area contributed by atoms with Crippen LogP contribution in [0.5, 0.6) is 0 Å². The SMILES string of the molecule is CC(OC(=O)c1ccc(NC(=O)C2CC2)cc1)C(=O)Nc1cc(Cl)ccc1Cl. The first-order valence-corrected chi connectivity index (χ1v) is 9.47. The molecule has 1 unspecified atom stereocenters. The first-order valence-electron chi connectivity index (χ1n) is 8.71. The Kier molecular flexibility index (Phi) is 6.21. The van der Waals surface area contributed by atoms with Crippen LogP contribution in [0.25, 0.3) is 0 Å². The van der Waals surface area contributed by atoms with Gasteiger partial charge in [-0.1, -0.05) is 23.2 Å². The summed E-state index contributed by atoms with van der Waals surface area (Å²) in [7, 11) is 0. The number of carbonyl (C=O) groups is 3. The molecule has 1 fully saturated rings. The van der Waals surface area contributed by atoms with Crippen molar-refractivity contribution in [3.8, 4) is 0 Å². The van der Waals surface area contributed by atoms with Gasteiger partial charge in [0.2, 0.25) is 5.91 Å². The van der Waals surface area contributed by atoms with E-state index in [0.29, 0.717) is 21.4 Å². The minimum Gasteiger partial charge on any atom is -0.449 e. The van der Waals surface area contributed by atoms with Crippen molar-refractivity contribution in [2.75, 3.05) is 10.6 Å². The number of halogens is 2. The number of ether oxygens (including phenoxy) is 1. The molecule has 3 rings (SSSR count). The van der Waals surface area contributed by atoms with E-state index in [4.69, 9.17) is 27.9 Å². The molecule has 0 radical (unpaired) electrons. The fourth-order valence-corrected chi connectivity index (χ4v) is 2.73. The predicted molar refractivity (Wildman–Crippen MR) is 108 cm³/mol. The third-order valence-electron chi connectivity index (χ3n) is 4.18. The van der Waals surface area contributed by atoms with Gasteiger partial charge in [-0.25, -0.2) is 4.79 Å².